The lowest BCUT2D eigenvalue weighted by Gasteiger charge is -2.34. The van der Waals surface area contributed by atoms with Crippen molar-refractivity contribution < 1.29 is 10.2 Å². The fraction of sp³-hybridized carbons (Fsp3) is 0.714. The predicted octanol–water partition coefficient (Wildman–Crippen LogP) is 2.73. The molecule has 0 aliphatic carbocycles. The summed E-state index contributed by atoms with van der Waals surface area (Å²) in [7, 11) is -1.50. The second-order valence-corrected chi connectivity index (χ2v) is 11.5. The highest BCUT2D eigenvalue weighted by atomic mass is 28.3. The van der Waals surface area contributed by atoms with E-state index in [0.717, 1.165) is 0 Å². The SMILES string of the molecule is C#CCC(O)CC(O)C=C[Si](C)(C)C(C)(C)C. The predicted molar refractivity (Wildman–Crippen MR) is 76.4 cm³/mol. The molecule has 3 heteroatoms. The highest BCUT2D eigenvalue weighted by Crippen LogP contribution is 2.36. The van der Waals surface area contributed by atoms with Crippen LogP contribution in [-0.4, -0.2) is 30.5 Å². The Morgan fingerprint density at radius 3 is 2.24 bits per heavy atom. The van der Waals surface area contributed by atoms with Gasteiger partial charge in [0.1, 0.15) is 0 Å². The van der Waals surface area contributed by atoms with Gasteiger partial charge < -0.3 is 10.2 Å². The molecule has 98 valence electrons. The summed E-state index contributed by atoms with van der Waals surface area (Å²) >= 11 is 0. The second kappa shape index (κ2) is 6.39. The van der Waals surface area contributed by atoms with Gasteiger partial charge in [-0.1, -0.05) is 45.6 Å². The third kappa shape index (κ3) is 6.07. The molecule has 2 atom stereocenters. The highest BCUT2D eigenvalue weighted by molar-refractivity contribution is 6.84. The van der Waals surface area contributed by atoms with Gasteiger partial charge in [-0.25, -0.2) is 0 Å². The molecule has 0 fully saturated rings. The molecule has 2 nitrogen and oxygen atoms in total. The van der Waals surface area contributed by atoms with E-state index in [1.54, 1.807) is 0 Å². The van der Waals surface area contributed by atoms with Crippen molar-refractivity contribution in [3.05, 3.63) is 11.8 Å². The van der Waals surface area contributed by atoms with Crippen LogP contribution in [0, 0.1) is 12.3 Å². The van der Waals surface area contributed by atoms with Crippen molar-refractivity contribution in [1.82, 2.24) is 0 Å². The maximum absolute atomic E-state index is 9.78. The lowest BCUT2D eigenvalue weighted by molar-refractivity contribution is 0.107. The van der Waals surface area contributed by atoms with E-state index in [1.165, 1.54) is 0 Å². The molecule has 0 aliphatic rings. The lowest BCUT2D eigenvalue weighted by Crippen LogP contribution is -2.35. The van der Waals surface area contributed by atoms with E-state index in [0.29, 0.717) is 12.8 Å². The average molecular weight is 254 g/mol. The fourth-order valence-electron chi connectivity index (χ4n) is 1.18. The molecule has 0 aromatic rings. The normalized spacial score (nSPS) is 16.8. The Labute approximate surface area is 107 Å². The molecule has 0 aliphatic heterocycles. The van der Waals surface area contributed by atoms with Crippen LogP contribution in [0.5, 0.6) is 0 Å². The van der Waals surface area contributed by atoms with Gasteiger partial charge in [-0.15, -0.1) is 12.3 Å². The van der Waals surface area contributed by atoms with E-state index in [4.69, 9.17) is 6.42 Å². The number of aliphatic hydroxyl groups excluding tert-OH is 2. The molecular formula is C14H26O2Si. The molecule has 0 aromatic heterocycles. The van der Waals surface area contributed by atoms with Crippen LogP contribution in [0.4, 0.5) is 0 Å². The standard InChI is InChI=1S/C14H26O2Si/c1-7-8-12(15)11-13(16)9-10-17(5,6)14(2,3)4/h1,9-10,12-13,15-16H,8,11H2,2-6H3. The molecule has 2 unspecified atom stereocenters. The third-order valence-electron chi connectivity index (χ3n) is 3.54. The summed E-state index contributed by atoms with van der Waals surface area (Å²) in [4.78, 5) is 0. The van der Waals surface area contributed by atoms with Crippen molar-refractivity contribution in [2.45, 2.75) is 64.0 Å². The van der Waals surface area contributed by atoms with Gasteiger partial charge in [0.05, 0.1) is 20.3 Å². The zero-order valence-corrected chi connectivity index (χ0v) is 12.7. The summed E-state index contributed by atoms with van der Waals surface area (Å²) in [6.45, 7) is 11.2. The van der Waals surface area contributed by atoms with Gasteiger partial charge in [0, 0.05) is 12.8 Å². The number of rotatable bonds is 5. The molecule has 17 heavy (non-hydrogen) atoms. The van der Waals surface area contributed by atoms with Crippen LogP contribution in [-0.2, 0) is 0 Å². The van der Waals surface area contributed by atoms with Crippen molar-refractivity contribution in [2.75, 3.05) is 0 Å². The monoisotopic (exact) mass is 254 g/mol. The third-order valence-corrected chi connectivity index (χ3v) is 8.43. The van der Waals surface area contributed by atoms with Crippen molar-refractivity contribution in [1.29, 1.82) is 0 Å². The van der Waals surface area contributed by atoms with Crippen LogP contribution in [0.25, 0.3) is 0 Å². The summed E-state index contributed by atoms with van der Waals surface area (Å²) < 4.78 is 0. The second-order valence-electron chi connectivity index (χ2n) is 6.20. The summed E-state index contributed by atoms with van der Waals surface area (Å²) in [5.74, 6) is 2.39. The van der Waals surface area contributed by atoms with Gasteiger partial charge in [-0.2, -0.15) is 0 Å². The minimum absolute atomic E-state index is 0.265. The van der Waals surface area contributed by atoms with Crippen LogP contribution < -0.4 is 0 Å². The van der Waals surface area contributed by atoms with E-state index in [2.05, 4.69) is 45.5 Å². The van der Waals surface area contributed by atoms with Gasteiger partial charge in [-0.05, 0) is 5.04 Å². The van der Waals surface area contributed by atoms with E-state index < -0.39 is 20.3 Å². The Bertz CT molecular complexity index is 294. The molecule has 0 radical (unpaired) electrons. The Morgan fingerprint density at radius 1 is 1.29 bits per heavy atom. The number of terminal acetylenes is 1. The van der Waals surface area contributed by atoms with Gasteiger partial charge in [0.2, 0.25) is 0 Å². The van der Waals surface area contributed by atoms with Gasteiger partial charge in [0.25, 0.3) is 0 Å². The average Bonchev–Trinajstić information content (AvgIpc) is 2.13. The number of hydrogen-bond donors (Lipinski definition) is 2. The molecule has 0 saturated carbocycles. The zero-order valence-electron chi connectivity index (χ0n) is 11.7. The molecule has 2 N–H and O–H groups in total. The van der Waals surface area contributed by atoms with Crippen molar-refractivity contribution in [3.63, 3.8) is 0 Å². The van der Waals surface area contributed by atoms with Crippen molar-refractivity contribution >= 4 is 8.07 Å². The van der Waals surface area contributed by atoms with Gasteiger partial charge in [-0.3, -0.25) is 0 Å². The summed E-state index contributed by atoms with van der Waals surface area (Å²) in [6, 6.07) is 0. The first-order valence-corrected chi connectivity index (χ1v) is 9.17. The molecule has 0 amide bonds. The first kappa shape index (κ1) is 16.4. The molecule has 0 saturated heterocycles. The van der Waals surface area contributed by atoms with Crippen LogP contribution in [0.3, 0.4) is 0 Å². The van der Waals surface area contributed by atoms with E-state index in [1.807, 2.05) is 6.08 Å². The zero-order chi connectivity index (χ0) is 13.7. The van der Waals surface area contributed by atoms with E-state index >= 15 is 0 Å². The quantitative estimate of drug-likeness (QED) is 0.585. The molecule has 0 spiro atoms. The molecule has 0 aromatic carbocycles. The topological polar surface area (TPSA) is 40.5 Å². The molecule has 0 bridgehead atoms. The Balaban J connectivity index is 4.39. The van der Waals surface area contributed by atoms with E-state index in [-0.39, 0.29) is 5.04 Å². The summed E-state index contributed by atoms with van der Waals surface area (Å²) in [5, 5.41) is 19.5. The van der Waals surface area contributed by atoms with Crippen LogP contribution in [0.15, 0.2) is 11.8 Å². The molecular weight excluding hydrogens is 228 g/mol. The minimum atomic E-state index is -1.50. The highest BCUT2D eigenvalue weighted by Gasteiger charge is 2.32. The first-order valence-electron chi connectivity index (χ1n) is 6.09. The Kier molecular flexibility index (Phi) is 6.18. The molecule has 0 heterocycles. The summed E-state index contributed by atoms with van der Waals surface area (Å²) in [5.41, 5.74) is 2.15. The molecule has 0 rings (SSSR count). The van der Waals surface area contributed by atoms with Crippen molar-refractivity contribution in [2.24, 2.45) is 0 Å². The smallest absolute Gasteiger partial charge is 0.0767 e. The van der Waals surface area contributed by atoms with Crippen molar-refractivity contribution in [3.8, 4) is 12.3 Å². The maximum atomic E-state index is 9.78. The summed E-state index contributed by atoms with van der Waals surface area (Å²) in [6.07, 6.45) is 6.31. The van der Waals surface area contributed by atoms with E-state index in [9.17, 15) is 10.2 Å². The number of hydrogen-bond acceptors (Lipinski definition) is 2. The number of aliphatic hydroxyl groups is 2. The van der Waals surface area contributed by atoms with Gasteiger partial charge >= 0.3 is 0 Å². The Hall–Kier alpha value is -0.563. The first-order chi connectivity index (χ1) is 7.60. The maximum Gasteiger partial charge on any atom is 0.0767 e. The largest absolute Gasteiger partial charge is 0.392 e. The Morgan fingerprint density at radius 2 is 1.82 bits per heavy atom. The van der Waals surface area contributed by atoms with Crippen LogP contribution in [0.2, 0.25) is 18.1 Å². The fourth-order valence-corrected chi connectivity index (χ4v) is 2.38. The van der Waals surface area contributed by atoms with Crippen LogP contribution in [0.1, 0.15) is 33.6 Å². The minimum Gasteiger partial charge on any atom is -0.392 e. The van der Waals surface area contributed by atoms with Crippen LogP contribution >= 0.6 is 0 Å². The van der Waals surface area contributed by atoms with Gasteiger partial charge in [0.15, 0.2) is 0 Å². The lowest BCUT2D eigenvalue weighted by atomic mass is 10.1.